The number of nitrogens with one attached hydrogen (secondary N) is 2. The van der Waals surface area contributed by atoms with Crippen LogP contribution >= 0.6 is 11.6 Å². The van der Waals surface area contributed by atoms with Gasteiger partial charge in [-0.25, -0.2) is 22.5 Å². The van der Waals surface area contributed by atoms with Gasteiger partial charge in [0.05, 0.1) is 11.3 Å². The molecule has 0 amide bonds. The molecule has 182 valence electrons. The number of nitrogens with zero attached hydrogens (tertiary/aromatic N) is 1. The molecule has 0 atom stereocenters. The van der Waals surface area contributed by atoms with Gasteiger partial charge in [0.2, 0.25) is 15.3 Å². The van der Waals surface area contributed by atoms with Gasteiger partial charge in [-0.05, 0) is 84.3 Å². The number of halogens is 2. The van der Waals surface area contributed by atoms with E-state index in [2.05, 4.69) is 14.7 Å². The Balaban J connectivity index is 1.56. The molecule has 2 N–H and O–H groups in total. The van der Waals surface area contributed by atoms with E-state index in [4.69, 9.17) is 16.0 Å². The van der Waals surface area contributed by atoms with E-state index in [1.54, 1.807) is 30.6 Å². The van der Waals surface area contributed by atoms with Gasteiger partial charge in [0.15, 0.2) is 0 Å². The summed E-state index contributed by atoms with van der Waals surface area (Å²) in [6.07, 6.45) is 5.79. The van der Waals surface area contributed by atoms with E-state index in [9.17, 15) is 17.6 Å². The van der Waals surface area contributed by atoms with E-state index in [1.165, 1.54) is 12.1 Å². The molecule has 0 spiro atoms. The molecule has 4 aromatic rings. The molecule has 1 aliphatic carbocycles. The van der Waals surface area contributed by atoms with Gasteiger partial charge in [-0.15, -0.1) is 0 Å². The van der Waals surface area contributed by atoms with Gasteiger partial charge in [0.25, 0.3) is 0 Å². The molecule has 0 unspecified atom stereocenters. The maximum Gasteiger partial charge on any atom is 0.221 e. The number of aromatic nitrogens is 2. The SMILES string of the molecule is O=C(Cl)CCCNS(=O)(=O)Cc1cc2oc(-c3ccc(F)cc3)c(-c3ncc[nH]3)c2cc1C1CC1. The molecule has 0 aliphatic heterocycles. The quantitative estimate of drug-likeness (QED) is 0.215. The van der Waals surface area contributed by atoms with Crippen LogP contribution < -0.4 is 4.72 Å². The predicted molar refractivity (Wildman–Crippen MR) is 132 cm³/mol. The Morgan fingerprint density at radius 2 is 2.00 bits per heavy atom. The van der Waals surface area contributed by atoms with Crippen molar-refractivity contribution in [2.24, 2.45) is 0 Å². The number of imidazole rings is 1. The monoisotopic (exact) mass is 515 g/mol. The van der Waals surface area contributed by atoms with Crippen LogP contribution in [0, 0.1) is 5.82 Å². The molecular formula is C25H23ClFN3O4S. The molecule has 2 aromatic heterocycles. The van der Waals surface area contributed by atoms with Crippen molar-refractivity contribution in [2.45, 2.75) is 37.4 Å². The van der Waals surface area contributed by atoms with Crippen LogP contribution in [-0.4, -0.2) is 30.2 Å². The van der Waals surface area contributed by atoms with Crippen LogP contribution in [0.25, 0.3) is 33.7 Å². The number of carbonyl (C=O) groups excluding carboxylic acids is 1. The summed E-state index contributed by atoms with van der Waals surface area (Å²) in [4.78, 5) is 18.4. The van der Waals surface area contributed by atoms with Crippen molar-refractivity contribution in [2.75, 3.05) is 6.54 Å². The van der Waals surface area contributed by atoms with E-state index >= 15 is 0 Å². The topological polar surface area (TPSA) is 105 Å². The van der Waals surface area contributed by atoms with Crippen molar-refractivity contribution >= 4 is 37.8 Å². The number of rotatable bonds is 10. The third-order valence-corrected chi connectivity index (χ3v) is 7.55. The Labute approximate surface area is 206 Å². The highest BCUT2D eigenvalue weighted by atomic mass is 35.5. The van der Waals surface area contributed by atoms with E-state index in [0.29, 0.717) is 34.7 Å². The lowest BCUT2D eigenvalue weighted by Crippen LogP contribution is -2.26. The van der Waals surface area contributed by atoms with E-state index in [-0.39, 0.29) is 30.5 Å². The predicted octanol–water partition coefficient (Wildman–Crippen LogP) is 5.47. The second-order valence-corrected chi connectivity index (χ2v) is 10.9. The fourth-order valence-electron chi connectivity index (χ4n) is 4.25. The van der Waals surface area contributed by atoms with E-state index < -0.39 is 15.3 Å². The Hall–Kier alpha value is -3.01. The Bertz CT molecular complexity index is 1480. The van der Waals surface area contributed by atoms with E-state index in [1.807, 2.05) is 6.07 Å². The van der Waals surface area contributed by atoms with Crippen LogP contribution in [0.15, 0.2) is 53.2 Å². The highest BCUT2D eigenvalue weighted by molar-refractivity contribution is 7.88. The first-order valence-electron chi connectivity index (χ1n) is 11.3. The fraction of sp³-hybridized carbons (Fsp3) is 0.280. The number of benzene rings is 2. The molecule has 2 heterocycles. The number of H-pyrrole nitrogens is 1. The molecule has 1 aliphatic rings. The van der Waals surface area contributed by atoms with Crippen molar-refractivity contribution in [3.63, 3.8) is 0 Å². The number of sulfonamides is 1. The maximum atomic E-state index is 13.6. The van der Waals surface area contributed by atoms with Gasteiger partial charge >= 0.3 is 0 Å². The standard InChI is InChI=1S/C25H23ClFN3O4S/c26-22(31)2-1-9-30-35(32,33)14-17-12-21-20(13-19(17)15-3-4-15)23(25-28-10-11-29-25)24(34-21)16-5-7-18(27)8-6-16/h5-8,10-13,15,30H,1-4,9,14H2,(H,28,29). The molecule has 1 saturated carbocycles. The van der Waals surface area contributed by atoms with Crippen LogP contribution in [-0.2, 0) is 20.6 Å². The largest absolute Gasteiger partial charge is 0.455 e. The first-order valence-corrected chi connectivity index (χ1v) is 13.3. The van der Waals surface area contributed by atoms with Crippen LogP contribution in [0.5, 0.6) is 0 Å². The number of hydrogen-bond acceptors (Lipinski definition) is 5. The summed E-state index contributed by atoms with van der Waals surface area (Å²) in [7, 11) is -3.64. The number of carbonyl (C=O) groups is 1. The van der Waals surface area contributed by atoms with Gasteiger partial charge in [0.1, 0.15) is 23.0 Å². The van der Waals surface area contributed by atoms with Gasteiger partial charge in [-0.1, -0.05) is 0 Å². The smallest absolute Gasteiger partial charge is 0.221 e. The van der Waals surface area contributed by atoms with Crippen molar-refractivity contribution in [1.82, 2.24) is 14.7 Å². The minimum absolute atomic E-state index is 0.109. The normalized spacial score (nSPS) is 14.0. The van der Waals surface area contributed by atoms with E-state index in [0.717, 1.165) is 29.4 Å². The lowest BCUT2D eigenvalue weighted by atomic mass is 9.98. The summed E-state index contributed by atoms with van der Waals surface area (Å²) in [6, 6.07) is 9.80. The number of fused-ring (bicyclic) bond motifs is 1. The lowest BCUT2D eigenvalue weighted by molar-refractivity contribution is -0.111. The van der Waals surface area contributed by atoms with Crippen molar-refractivity contribution in [3.8, 4) is 22.7 Å². The number of aromatic amines is 1. The summed E-state index contributed by atoms with van der Waals surface area (Å²) in [5.41, 5.74) is 3.60. The summed E-state index contributed by atoms with van der Waals surface area (Å²) in [5.74, 6) is 0.871. The number of furan rings is 1. The number of hydrogen-bond donors (Lipinski definition) is 2. The average Bonchev–Trinajstić information content (AvgIpc) is 3.38. The Morgan fingerprint density at radius 1 is 1.23 bits per heavy atom. The minimum atomic E-state index is -3.64. The molecule has 1 fully saturated rings. The summed E-state index contributed by atoms with van der Waals surface area (Å²) < 4.78 is 47.9. The molecule has 5 rings (SSSR count). The third-order valence-electron chi connectivity index (χ3n) is 6.03. The van der Waals surface area contributed by atoms with Gasteiger partial charge in [-0.2, -0.15) is 0 Å². The van der Waals surface area contributed by atoms with Crippen molar-refractivity contribution < 1.29 is 22.0 Å². The zero-order valence-electron chi connectivity index (χ0n) is 18.7. The first kappa shape index (κ1) is 23.7. The fourth-order valence-corrected chi connectivity index (χ4v) is 5.60. The van der Waals surface area contributed by atoms with Crippen molar-refractivity contribution in [1.29, 1.82) is 0 Å². The summed E-state index contributed by atoms with van der Waals surface area (Å²) in [6.45, 7) is 0.139. The summed E-state index contributed by atoms with van der Waals surface area (Å²) in [5, 5.41) is 0.323. The van der Waals surface area contributed by atoms with Crippen LogP contribution in [0.3, 0.4) is 0 Å². The Kier molecular flexibility index (Phi) is 6.48. The highest BCUT2D eigenvalue weighted by Gasteiger charge is 2.30. The van der Waals surface area contributed by atoms with Crippen LogP contribution in [0.2, 0.25) is 0 Å². The lowest BCUT2D eigenvalue weighted by Gasteiger charge is -2.11. The maximum absolute atomic E-state index is 13.6. The molecular weight excluding hydrogens is 493 g/mol. The second kappa shape index (κ2) is 9.56. The molecule has 0 radical (unpaired) electrons. The van der Waals surface area contributed by atoms with Gasteiger partial charge < -0.3 is 9.40 Å². The molecule has 10 heteroatoms. The van der Waals surface area contributed by atoms with Crippen LogP contribution in [0.4, 0.5) is 4.39 Å². The van der Waals surface area contributed by atoms with Crippen molar-refractivity contribution in [3.05, 3.63) is 65.7 Å². The molecule has 0 saturated heterocycles. The van der Waals surface area contributed by atoms with Gasteiger partial charge in [-0.3, -0.25) is 4.79 Å². The highest BCUT2D eigenvalue weighted by Crippen LogP contribution is 2.46. The average molecular weight is 516 g/mol. The molecule has 2 aromatic carbocycles. The molecule has 35 heavy (non-hydrogen) atoms. The molecule has 0 bridgehead atoms. The van der Waals surface area contributed by atoms with Crippen LogP contribution in [0.1, 0.15) is 42.7 Å². The third kappa shape index (κ3) is 5.32. The first-order chi connectivity index (χ1) is 16.8. The zero-order valence-corrected chi connectivity index (χ0v) is 20.3. The zero-order chi connectivity index (χ0) is 24.6. The summed E-state index contributed by atoms with van der Waals surface area (Å²) >= 11 is 5.33. The second-order valence-electron chi connectivity index (χ2n) is 8.68. The van der Waals surface area contributed by atoms with Gasteiger partial charge in [0, 0.05) is 36.3 Å². The Morgan fingerprint density at radius 3 is 2.66 bits per heavy atom. The minimum Gasteiger partial charge on any atom is -0.455 e. The molecule has 7 nitrogen and oxygen atoms in total.